The number of amides is 2. The van der Waals surface area contributed by atoms with Gasteiger partial charge in [0.15, 0.2) is 0 Å². The maximum Gasteiger partial charge on any atom is 0.253 e. The number of para-hydroxylation sites is 1. The first-order chi connectivity index (χ1) is 16.9. The van der Waals surface area contributed by atoms with Gasteiger partial charge in [-0.1, -0.05) is 72.3 Å². The number of halogens is 1. The highest BCUT2D eigenvalue weighted by Gasteiger charge is 2.25. The number of aromatic nitrogens is 1. The second-order valence-electron chi connectivity index (χ2n) is 8.70. The summed E-state index contributed by atoms with van der Waals surface area (Å²) in [6.07, 6.45) is 2.23. The average molecular weight is 489 g/mol. The van der Waals surface area contributed by atoms with Gasteiger partial charge in [-0.25, -0.2) is 0 Å². The Morgan fingerprint density at radius 1 is 0.943 bits per heavy atom. The van der Waals surface area contributed by atoms with E-state index in [9.17, 15) is 9.59 Å². The molecule has 180 valence electrons. The van der Waals surface area contributed by atoms with Crippen LogP contribution in [0.25, 0.3) is 10.9 Å². The predicted molar refractivity (Wildman–Crippen MR) is 141 cm³/mol. The Balaban J connectivity index is 1.55. The van der Waals surface area contributed by atoms with Gasteiger partial charge in [-0.3, -0.25) is 9.59 Å². The highest BCUT2D eigenvalue weighted by molar-refractivity contribution is 6.33. The molecule has 3 N–H and O–H groups in total. The molecule has 0 aliphatic carbocycles. The minimum absolute atomic E-state index is 0.00634. The van der Waals surface area contributed by atoms with E-state index in [4.69, 9.17) is 11.6 Å². The van der Waals surface area contributed by atoms with Gasteiger partial charge >= 0.3 is 0 Å². The zero-order valence-electron chi connectivity index (χ0n) is 19.8. The molecule has 0 bridgehead atoms. The Morgan fingerprint density at radius 2 is 1.63 bits per heavy atom. The SMILES string of the molecule is CN(C)[C@H](CNC(=O)[C@H](Cc1c[nH]c2ccccc12)NC(=O)c1ccccc1Cl)c1ccccc1. The Bertz CT molecular complexity index is 1300. The van der Waals surface area contributed by atoms with E-state index in [1.807, 2.05) is 74.9 Å². The summed E-state index contributed by atoms with van der Waals surface area (Å²) in [6, 6.07) is 23.9. The Labute approximate surface area is 210 Å². The van der Waals surface area contributed by atoms with Gasteiger partial charge in [-0.15, -0.1) is 0 Å². The number of fused-ring (bicyclic) bond motifs is 1. The van der Waals surface area contributed by atoms with Crippen molar-refractivity contribution in [3.05, 3.63) is 107 Å². The van der Waals surface area contributed by atoms with Gasteiger partial charge < -0.3 is 20.5 Å². The van der Waals surface area contributed by atoms with E-state index in [-0.39, 0.29) is 17.9 Å². The molecule has 0 saturated heterocycles. The Kier molecular flexibility index (Phi) is 7.85. The number of H-pyrrole nitrogens is 1. The van der Waals surface area contributed by atoms with Crippen LogP contribution in [0.1, 0.15) is 27.5 Å². The van der Waals surface area contributed by atoms with Gasteiger partial charge in [-0.05, 0) is 43.4 Å². The van der Waals surface area contributed by atoms with Gasteiger partial charge in [0.2, 0.25) is 5.91 Å². The average Bonchev–Trinajstić information content (AvgIpc) is 3.27. The van der Waals surface area contributed by atoms with E-state index in [1.165, 1.54) is 0 Å². The molecule has 1 heterocycles. The minimum atomic E-state index is -0.781. The molecule has 0 aliphatic heterocycles. The number of hydrogen-bond acceptors (Lipinski definition) is 3. The number of benzene rings is 3. The lowest BCUT2D eigenvalue weighted by atomic mass is 10.0. The molecule has 0 unspecified atom stereocenters. The topological polar surface area (TPSA) is 77.2 Å². The van der Waals surface area contributed by atoms with Crippen molar-refractivity contribution in [3.63, 3.8) is 0 Å². The summed E-state index contributed by atoms with van der Waals surface area (Å²) in [4.78, 5) is 31.8. The van der Waals surface area contributed by atoms with Crippen molar-refractivity contribution >= 4 is 34.3 Å². The van der Waals surface area contributed by atoms with Gasteiger partial charge in [0.1, 0.15) is 6.04 Å². The molecule has 1 aromatic heterocycles. The highest BCUT2D eigenvalue weighted by atomic mass is 35.5. The third-order valence-corrected chi connectivity index (χ3v) is 6.45. The van der Waals surface area contributed by atoms with Gasteiger partial charge in [0, 0.05) is 30.1 Å². The largest absolute Gasteiger partial charge is 0.361 e. The molecule has 4 aromatic rings. The van der Waals surface area contributed by atoms with Crippen molar-refractivity contribution in [1.82, 2.24) is 20.5 Å². The number of nitrogens with one attached hydrogen (secondary N) is 3. The van der Waals surface area contributed by atoms with Gasteiger partial charge in [-0.2, -0.15) is 0 Å². The van der Waals surface area contributed by atoms with Gasteiger partial charge in [0.25, 0.3) is 5.91 Å². The number of carbonyl (C=O) groups is 2. The van der Waals surface area contributed by atoms with E-state index in [0.29, 0.717) is 23.6 Å². The second-order valence-corrected chi connectivity index (χ2v) is 9.11. The van der Waals surface area contributed by atoms with Crippen molar-refractivity contribution in [2.45, 2.75) is 18.5 Å². The van der Waals surface area contributed by atoms with Crippen molar-refractivity contribution in [2.24, 2.45) is 0 Å². The quantitative estimate of drug-likeness (QED) is 0.322. The lowest BCUT2D eigenvalue weighted by molar-refractivity contribution is -0.123. The smallest absolute Gasteiger partial charge is 0.253 e. The molecule has 4 rings (SSSR count). The molecule has 7 heteroatoms. The number of rotatable bonds is 9. The van der Waals surface area contributed by atoms with Crippen LogP contribution in [0.2, 0.25) is 5.02 Å². The number of nitrogens with zero attached hydrogens (tertiary/aromatic N) is 1. The maximum absolute atomic E-state index is 13.4. The first kappa shape index (κ1) is 24.5. The number of likely N-dealkylation sites (N-methyl/N-ethyl adjacent to an activating group) is 1. The van der Waals surface area contributed by atoms with Crippen LogP contribution in [0.5, 0.6) is 0 Å². The normalized spacial score (nSPS) is 12.9. The molecule has 0 radical (unpaired) electrons. The van der Waals surface area contributed by atoms with Gasteiger partial charge in [0.05, 0.1) is 16.6 Å². The molecule has 0 aliphatic rings. The number of aromatic amines is 1. The molecular formula is C28H29ClN4O2. The summed E-state index contributed by atoms with van der Waals surface area (Å²) in [6.45, 7) is 0.405. The first-order valence-electron chi connectivity index (χ1n) is 11.5. The van der Waals surface area contributed by atoms with Crippen molar-refractivity contribution in [3.8, 4) is 0 Å². The molecule has 0 saturated carbocycles. The molecule has 35 heavy (non-hydrogen) atoms. The summed E-state index contributed by atoms with van der Waals surface area (Å²) in [5.41, 5.74) is 3.37. The Morgan fingerprint density at radius 3 is 2.37 bits per heavy atom. The minimum Gasteiger partial charge on any atom is -0.361 e. The van der Waals surface area contributed by atoms with Crippen molar-refractivity contribution in [1.29, 1.82) is 0 Å². The predicted octanol–water partition coefficient (Wildman–Crippen LogP) is 4.58. The molecule has 0 spiro atoms. The number of hydrogen-bond donors (Lipinski definition) is 3. The van der Waals surface area contributed by atoms with E-state index in [0.717, 1.165) is 22.0 Å². The van der Waals surface area contributed by atoms with Crippen molar-refractivity contribution < 1.29 is 9.59 Å². The maximum atomic E-state index is 13.4. The summed E-state index contributed by atoms with van der Waals surface area (Å²) in [5, 5.41) is 7.32. The Hall–Kier alpha value is -3.61. The summed E-state index contributed by atoms with van der Waals surface area (Å²) < 4.78 is 0. The molecule has 3 aromatic carbocycles. The molecular weight excluding hydrogens is 460 g/mol. The fraction of sp³-hybridized carbons (Fsp3) is 0.214. The number of carbonyl (C=O) groups excluding carboxylic acids is 2. The van der Waals surface area contributed by atoms with Crippen LogP contribution in [0.3, 0.4) is 0 Å². The third-order valence-electron chi connectivity index (χ3n) is 6.12. The summed E-state index contributed by atoms with van der Waals surface area (Å²) in [7, 11) is 3.96. The molecule has 0 fully saturated rings. The van der Waals surface area contributed by atoms with E-state index in [2.05, 4.69) is 20.5 Å². The zero-order chi connectivity index (χ0) is 24.8. The lowest BCUT2D eigenvalue weighted by Crippen LogP contribution is -2.49. The van der Waals surface area contributed by atoms with Crippen molar-refractivity contribution in [2.75, 3.05) is 20.6 Å². The van der Waals surface area contributed by atoms with E-state index >= 15 is 0 Å². The van der Waals surface area contributed by atoms with Crippen LogP contribution < -0.4 is 10.6 Å². The zero-order valence-corrected chi connectivity index (χ0v) is 20.5. The highest BCUT2D eigenvalue weighted by Crippen LogP contribution is 2.21. The lowest BCUT2D eigenvalue weighted by Gasteiger charge is -2.26. The van der Waals surface area contributed by atoms with Crippen LogP contribution >= 0.6 is 11.6 Å². The molecule has 2 amide bonds. The first-order valence-corrected chi connectivity index (χ1v) is 11.9. The summed E-state index contributed by atoms with van der Waals surface area (Å²) >= 11 is 6.24. The standard InChI is InChI=1S/C28H29ClN4O2/c1-33(2)26(19-10-4-3-5-11-19)18-31-28(35)25(32-27(34)22-13-6-8-14-23(22)29)16-20-17-30-24-15-9-7-12-21(20)24/h3-15,17,25-26,30H,16,18H2,1-2H3,(H,31,35)(H,32,34)/t25-,26+/m0/s1. The fourth-order valence-electron chi connectivity index (χ4n) is 4.21. The third kappa shape index (κ3) is 5.91. The molecule has 2 atom stereocenters. The summed E-state index contributed by atoms with van der Waals surface area (Å²) in [5.74, 6) is -0.638. The van der Waals surface area contributed by atoms with Crippen LogP contribution in [-0.4, -0.2) is 48.4 Å². The second kappa shape index (κ2) is 11.2. The van der Waals surface area contributed by atoms with Crippen LogP contribution in [-0.2, 0) is 11.2 Å². The molecule has 6 nitrogen and oxygen atoms in total. The van der Waals surface area contributed by atoms with E-state index < -0.39 is 6.04 Å². The monoisotopic (exact) mass is 488 g/mol. The van der Waals surface area contributed by atoms with Crippen LogP contribution in [0.15, 0.2) is 85.1 Å². The van der Waals surface area contributed by atoms with E-state index in [1.54, 1.807) is 24.3 Å². The van der Waals surface area contributed by atoms with Crippen LogP contribution in [0.4, 0.5) is 0 Å². The van der Waals surface area contributed by atoms with Crippen LogP contribution in [0, 0.1) is 0 Å². The fourth-order valence-corrected chi connectivity index (χ4v) is 4.43.